The van der Waals surface area contributed by atoms with Gasteiger partial charge in [0.05, 0.1) is 31.3 Å². The molecule has 0 aromatic heterocycles. The maximum absolute atomic E-state index is 12.5. The summed E-state index contributed by atoms with van der Waals surface area (Å²) in [6, 6.07) is -0.740. The molecule has 0 spiro atoms. The third-order valence-corrected chi connectivity index (χ3v) is 12.6. The average molecular weight is 820 g/mol. The van der Waals surface area contributed by atoms with Crippen LogP contribution in [0.1, 0.15) is 296 Å². The standard InChI is InChI=1S/C53H105NO4/c1-3-5-7-9-11-13-15-17-19-21-23-25-27-28-30-32-34-36-38-40-42-44-46-50(56)48-53(58)54-51(49-55)52(57)47-45-43-41-39-37-35-33-31-29-26-24-22-20-18-16-14-12-10-8-6-4-2/h45,47,50-52,55-57H,3-44,46,48-49H2,1-2H3,(H,54,58)/b47-45+. The molecule has 0 aliphatic heterocycles. The van der Waals surface area contributed by atoms with Crippen LogP contribution < -0.4 is 5.32 Å². The van der Waals surface area contributed by atoms with Crippen LogP contribution in [-0.4, -0.2) is 46.1 Å². The molecule has 58 heavy (non-hydrogen) atoms. The molecule has 0 aromatic carbocycles. The van der Waals surface area contributed by atoms with Crippen molar-refractivity contribution in [2.24, 2.45) is 0 Å². The van der Waals surface area contributed by atoms with Gasteiger partial charge in [-0.25, -0.2) is 0 Å². The fraction of sp³-hybridized carbons (Fsp3) is 0.943. The molecule has 5 heteroatoms. The van der Waals surface area contributed by atoms with Crippen LogP contribution in [0.25, 0.3) is 0 Å². The Balaban J connectivity index is 3.56. The van der Waals surface area contributed by atoms with Crippen LogP contribution in [0.2, 0.25) is 0 Å². The van der Waals surface area contributed by atoms with Crippen molar-refractivity contribution in [1.29, 1.82) is 0 Å². The maximum atomic E-state index is 12.5. The molecular formula is C53H105NO4. The second-order valence-corrected chi connectivity index (χ2v) is 18.5. The zero-order chi connectivity index (χ0) is 42.3. The minimum atomic E-state index is -0.925. The molecule has 3 unspecified atom stereocenters. The normalized spacial score (nSPS) is 13.4. The highest BCUT2D eigenvalue weighted by molar-refractivity contribution is 5.76. The average Bonchev–Trinajstić information content (AvgIpc) is 3.22. The summed E-state index contributed by atoms with van der Waals surface area (Å²) in [7, 11) is 0. The molecule has 4 N–H and O–H groups in total. The van der Waals surface area contributed by atoms with E-state index >= 15 is 0 Å². The van der Waals surface area contributed by atoms with Crippen LogP contribution in [0.15, 0.2) is 12.2 Å². The van der Waals surface area contributed by atoms with E-state index in [4.69, 9.17) is 0 Å². The molecule has 346 valence electrons. The highest BCUT2D eigenvalue weighted by Crippen LogP contribution is 2.18. The Morgan fingerprint density at radius 1 is 0.431 bits per heavy atom. The highest BCUT2D eigenvalue weighted by atomic mass is 16.3. The Labute approximate surface area is 363 Å². The second-order valence-electron chi connectivity index (χ2n) is 18.5. The number of hydrogen-bond acceptors (Lipinski definition) is 4. The van der Waals surface area contributed by atoms with Gasteiger partial charge in [0.25, 0.3) is 0 Å². The summed E-state index contributed by atoms with van der Waals surface area (Å²) in [4.78, 5) is 12.5. The van der Waals surface area contributed by atoms with Gasteiger partial charge in [-0.3, -0.25) is 4.79 Å². The molecule has 0 aliphatic carbocycles. The molecule has 0 saturated carbocycles. The molecule has 5 nitrogen and oxygen atoms in total. The summed E-state index contributed by atoms with van der Waals surface area (Å²) in [6.45, 7) is 4.25. The van der Waals surface area contributed by atoms with E-state index in [2.05, 4.69) is 19.2 Å². The van der Waals surface area contributed by atoms with E-state index in [0.29, 0.717) is 6.42 Å². The van der Waals surface area contributed by atoms with Gasteiger partial charge in [0.2, 0.25) is 5.91 Å². The molecular weight excluding hydrogens is 715 g/mol. The molecule has 0 heterocycles. The lowest BCUT2D eigenvalue weighted by Gasteiger charge is -2.21. The molecule has 0 radical (unpaired) electrons. The Bertz CT molecular complexity index is 818. The van der Waals surface area contributed by atoms with Crippen molar-refractivity contribution in [2.75, 3.05) is 6.61 Å². The van der Waals surface area contributed by atoms with Crippen LogP contribution in [-0.2, 0) is 4.79 Å². The monoisotopic (exact) mass is 820 g/mol. The Kier molecular flexibility index (Phi) is 48.0. The first-order valence-corrected chi connectivity index (χ1v) is 26.5. The van der Waals surface area contributed by atoms with Gasteiger partial charge in [-0.2, -0.15) is 0 Å². The Morgan fingerprint density at radius 2 is 0.707 bits per heavy atom. The van der Waals surface area contributed by atoms with Gasteiger partial charge in [-0.15, -0.1) is 0 Å². The van der Waals surface area contributed by atoms with Crippen molar-refractivity contribution in [3.63, 3.8) is 0 Å². The van der Waals surface area contributed by atoms with E-state index in [9.17, 15) is 20.1 Å². The number of nitrogens with one attached hydrogen (secondary N) is 1. The van der Waals surface area contributed by atoms with Crippen LogP contribution in [0.4, 0.5) is 0 Å². The predicted molar refractivity (Wildman–Crippen MR) is 255 cm³/mol. The van der Waals surface area contributed by atoms with Crippen LogP contribution in [0.3, 0.4) is 0 Å². The van der Waals surface area contributed by atoms with Crippen molar-refractivity contribution in [3.8, 4) is 0 Å². The second kappa shape index (κ2) is 48.8. The molecule has 0 aromatic rings. The number of carbonyl (C=O) groups excluding carboxylic acids is 1. The topological polar surface area (TPSA) is 89.8 Å². The summed E-state index contributed by atoms with van der Waals surface area (Å²) in [6.07, 6.45) is 59.5. The Morgan fingerprint density at radius 3 is 1.00 bits per heavy atom. The zero-order valence-electron chi connectivity index (χ0n) is 39.5. The fourth-order valence-electron chi connectivity index (χ4n) is 8.52. The highest BCUT2D eigenvalue weighted by Gasteiger charge is 2.20. The quantitative estimate of drug-likeness (QED) is 0.0364. The van der Waals surface area contributed by atoms with E-state index in [-0.39, 0.29) is 18.9 Å². The van der Waals surface area contributed by atoms with Gasteiger partial charge in [0, 0.05) is 0 Å². The van der Waals surface area contributed by atoms with Crippen LogP contribution in [0.5, 0.6) is 0 Å². The van der Waals surface area contributed by atoms with Gasteiger partial charge in [-0.1, -0.05) is 283 Å². The van der Waals surface area contributed by atoms with Crippen molar-refractivity contribution in [3.05, 3.63) is 12.2 Å². The molecule has 0 bridgehead atoms. The molecule has 3 atom stereocenters. The third-order valence-electron chi connectivity index (χ3n) is 12.6. The maximum Gasteiger partial charge on any atom is 0.222 e. The van der Waals surface area contributed by atoms with Crippen molar-refractivity contribution in [1.82, 2.24) is 5.32 Å². The number of carbonyl (C=O) groups is 1. The molecule has 0 saturated heterocycles. The van der Waals surface area contributed by atoms with Gasteiger partial charge in [0.15, 0.2) is 0 Å². The van der Waals surface area contributed by atoms with Gasteiger partial charge >= 0.3 is 0 Å². The van der Waals surface area contributed by atoms with Gasteiger partial charge < -0.3 is 20.6 Å². The van der Waals surface area contributed by atoms with Gasteiger partial charge in [0.1, 0.15) is 0 Å². The lowest BCUT2D eigenvalue weighted by Crippen LogP contribution is -2.45. The first kappa shape index (κ1) is 57.1. The van der Waals surface area contributed by atoms with E-state index in [1.807, 2.05) is 6.08 Å². The first-order chi connectivity index (χ1) is 28.5. The molecule has 0 fully saturated rings. The summed E-state index contributed by atoms with van der Waals surface area (Å²) in [5.41, 5.74) is 0. The van der Waals surface area contributed by atoms with Crippen LogP contribution in [0, 0.1) is 0 Å². The lowest BCUT2D eigenvalue weighted by molar-refractivity contribution is -0.124. The smallest absolute Gasteiger partial charge is 0.222 e. The van der Waals surface area contributed by atoms with Crippen molar-refractivity contribution < 1.29 is 20.1 Å². The first-order valence-electron chi connectivity index (χ1n) is 26.5. The van der Waals surface area contributed by atoms with Crippen molar-refractivity contribution >= 4 is 5.91 Å². The largest absolute Gasteiger partial charge is 0.394 e. The fourth-order valence-corrected chi connectivity index (χ4v) is 8.52. The summed E-state index contributed by atoms with van der Waals surface area (Å²) < 4.78 is 0. The predicted octanol–water partition coefficient (Wildman–Crippen LogP) is 15.9. The van der Waals surface area contributed by atoms with E-state index in [0.717, 1.165) is 25.7 Å². The number of allylic oxidation sites excluding steroid dienone is 1. The summed E-state index contributed by atoms with van der Waals surface area (Å²) >= 11 is 0. The zero-order valence-corrected chi connectivity index (χ0v) is 39.5. The molecule has 1 amide bonds. The number of amides is 1. The third kappa shape index (κ3) is 44.6. The van der Waals surface area contributed by atoms with E-state index in [1.54, 1.807) is 6.08 Å². The Hall–Kier alpha value is -0.910. The van der Waals surface area contributed by atoms with Crippen molar-refractivity contribution in [2.45, 2.75) is 315 Å². The number of aliphatic hydroxyl groups is 3. The number of rotatable bonds is 49. The summed E-state index contributed by atoms with van der Waals surface area (Å²) in [5.74, 6) is -0.309. The minimum absolute atomic E-state index is 0.0194. The number of unbranched alkanes of at least 4 members (excludes halogenated alkanes) is 40. The molecule has 0 aliphatic rings. The summed E-state index contributed by atoms with van der Waals surface area (Å²) in [5, 5.41) is 33.4. The van der Waals surface area contributed by atoms with Gasteiger partial charge in [-0.05, 0) is 19.3 Å². The SMILES string of the molecule is CCCCCCCCCCCCCCCCCCCCC/C=C/C(O)C(CO)NC(=O)CC(O)CCCCCCCCCCCCCCCCCCCCCCCC. The number of hydrogen-bond donors (Lipinski definition) is 4. The lowest BCUT2D eigenvalue weighted by atomic mass is 10.0. The number of aliphatic hydroxyl groups excluding tert-OH is 3. The molecule has 0 rings (SSSR count). The van der Waals surface area contributed by atoms with Crippen LogP contribution >= 0.6 is 0 Å². The minimum Gasteiger partial charge on any atom is -0.394 e. The van der Waals surface area contributed by atoms with E-state index in [1.165, 1.54) is 244 Å². The van der Waals surface area contributed by atoms with E-state index < -0.39 is 18.2 Å².